The summed E-state index contributed by atoms with van der Waals surface area (Å²) in [7, 11) is 0. The number of aryl methyl sites for hydroxylation is 1. The lowest BCUT2D eigenvalue weighted by Crippen LogP contribution is -2.31. The maximum Gasteiger partial charge on any atom is 0.254 e. The zero-order chi connectivity index (χ0) is 18.1. The number of nitrogens with zero attached hydrogens (tertiary/aromatic N) is 2. The number of pyridine rings is 1. The molecule has 1 saturated heterocycles. The molecule has 3 aromatic rings. The number of rotatable bonds is 3. The van der Waals surface area contributed by atoms with E-state index in [0.717, 1.165) is 17.3 Å². The number of para-hydroxylation sites is 1. The average Bonchev–Trinajstić information content (AvgIpc) is 3.12. The zero-order valence-corrected chi connectivity index (χ0v) is 14.5. The lowest BCUT2D eigenvalue weighted by Gasteiger charge is -2.17. The Morgan fingerprint density at radius 2 is 2.04 bits per heavy atom. The Kier molecular flexibility index (Phi) is 4.29. The van der Waals surface area contributed by atoms with Crippen LogP contribution in [0.4, 0.5) is 4.39 Å². The van der Waals surface area contributed by atoms with Crippen LogP contribution < -0.4 is 4.74 Å². The van der Waals surface area contributed by atoms with Gasteiger partial charge in [0.2, 0.25) is 5.88 Å². The zero-order valence-electron chi connectivity index (χ0n) is 14.5. The van der Waals surface area contributed by atoms with E-state index in [1.54, 1.807) is 24.0 Å². The number of aromatic nitrogens is 1. The van der Waals surface area contributed by atoms with Crippen molar-refractivity contribution in [1.82, 2.24) is 9.88 Å². The van der Waals surface area contributed by atoms with Gasteiger partial charge in [-0.15, -0.1) is 0 Å². The van der Waals surface area contributed by atoms with E-state index in [2.05, 4.69) is 4.98 Å². The number of ether oxygens (including phenoxy) is 1. The van der Waals surface area contributed by atoms with Crippen LogP contribution in [-0.2, 0) is 0 Å². The predicted molar refractivity (Wildman–Crippen MR) is 97.8 cm³/mol. The SMILES string of the molecule is Cc1ccc(C(=O)N2CCC(Oc3ccc4ccccc4n3)C2)cc1F. The summed E-state index contributed by atoms with van der Waals surface area (Å²) in [6, 6.07) is 16.3. The minimum absolute atomic E-state index is 0.108. The third-order valence-corrected chi connectivity index (χ3v) is 4.71. The largest absolute Gasteiger partial charge is 0.472 e. The molecule has 1 atom stereocenters. The Hall–Kier alpha value is -2.95. The smallest absolute Gasteiger partial charge is 0.254 e. The van der Waals surface area contributed by atoms with Crippen LogP contribution >= 0.6 is 0 Å². The second kappa shape index (κ2) is 6.75. The molecule has 5 heteroatoms. The minimum atomic E-state index is -0.358. The van der Waals surface area contributed by atoms with Crippen LogP contribution in [0.2, 0.25) is 0 Å². The third-order valence-electron chi connectivity index (χ3n) is 4.71. The van der Waals surface area contributed by atoms with Gasteiger partial charge in [-0.3, -0.25) is 4.79 Å². The van der Waals surface area contributed by atoms with Crippen LogP contribution in [0.5, 0.6) is 5.88 Å². The van der Waals surface area contributed by atoms with Crippen LogP contribution in [0.15, 0.2) is 54.6 Å². The minimum Gasteiger partial charge on any atom is -0.472 e. The predicted octanol–water partition coefficient (Wildman–Crippen LogP) is 3.98. The van der Waals surface area contributed by atoms with Crippen molar-refractivity contribution in [2.45, 2.75) is 19.4 Å². The Labute approximate surface area is 151 Å². The molecule has 1 aliphatic heterocycles. The maximum atomic E-state index is 13.7. The molecule has 132 valence electrons. The molecule has 1 amide bonds. The van der Waals surface area contributed by atoms with Crippen LogP contribution in [0.25, 0.3) is 10.9 Å². The van der Waals surface area contributed by atoms with Gasteiger partial charge in [0.15, 0.2) is 0 Å². The van der Waals surface area contributed by atoms with Gasteiger partial charge in [-0.05, 0) is 36.8 Å². The molecule has 2 aromatic carbocycles. The molecular weight excluding hydrogens is 331 g/mol. The Balaban J connectivity index is 1.44. The molecule has 1 unspecified atom stereocenters. The molecule has 1 aromatic heterocycles. The summed E-state index contributed by atoms with van der Waals surface area (Å²) in [5.74, 6) is 0.0362. The quantitative estimate of drug-likeness (QED) is 0.718. The lowest BCUT2D eigenvalue weighted by molar-refractivity contribution is 0.0771. The molecule has 1 fully saturated rings. The molecule has 0 radical (unpaired) electrons. The van der Waals surface area contributed by atoms with E-state index in [4.69, 9.17) is 4.74 Å². The van der Waals surface area contributed by atoms with E-state index < -0.39 is 0 Å². The summed E-state index contributed by atoms with van der Waals surface area (Å²) in [5.41, 5.74) is 1.79. The van der Waals surface area contributed by atoms with Gasteiger partial charge in [-0.2, -0.15) is 0 Å². The topological polar surface area (TPSA) is 42.4 Å². The van der Waals surface area contributed by atoms with Crippen molar-refractivity contribution in [3.8, 4) is 5.88 Å². The third kappa shape index (κ3) is 3.25. The second-order valence-electron chi connectivity index (χ2n) is 6.59. The van der Waals surface area contributed by atoms with Crippen molar-refractivity contribution in [3.05, 3.63) is 71.5 Å². The standard InChI is InChI=1S/C21H19FN2O2/c1-14-6-7-16(12-18(14)22)21(25)24-11-10-17(13-24)26-20-9-8-15-4-2-3-5-19(15)23-20/h2-9,12,17H,10-11,13H2,1H3. The highest BCUT2D eigenvalue weighted by Gasteiger charge is 2.28. The highest BCUT2D eigenvalue weighted by Crippen LogP contribution is 2.22. The van der Waals surface area contributed by atoms with Crippen molar-refractivity contribution in [2.24, 2.45) is 0 Å². The average molecular weight is 350 g/mol. The summed E-state index contributed by atoms with van der Waals surface area (Å²) in [6.45, 7) is 2.75. The van der Waals surface area contributed by atoms with E-state index in [-0.39, 0.29) is 17.8 Å². The molecule has 0 N–H and O–H groups in total. The molecule has 0 spiro atoms. The maximum absolute atomic E-state index is 13.7. The molecular formula is C21H19FN2O2. The number of amides is 1. The molecule has 0 bridgehead atoms. The van der Waals surface area contributed by atoms with E-state index in [9.17, 15) is 9.18 Å². The first kappa shape index (κ1) is 16.5. The molecule has 0 aliphatic carbocycles. The van der Waals surface area contributed by atoms with E-state index >= 15 is 0 Å². The molecule has 4 nitrogen and oxygen atoms in total. The second-order valence-corrected chi connectivity index (χ2v) is 6.59. The molecule has 1 aliphatic rings. The van der Waals surface area contributed by atoms with Crippen molar-refractivity contribution >= 4 is 16.8 Å². The van der Waals surface area contributed by atoms with Crippen molar-refractivity contribution in [2.75, 3.05) is 13.1 Å². The number of likely N-dealkylation sites (tertiary alicyclic amines) is 1. The highest BCUT2D eigenvalue weighted by atomic mass is 19.1. The van der Waals surface area contributed by atoms with Crippen molar-refractivity contribution < 1.29 is 13.9 Å². The van der Waals surface area contributed by atoms with E-state index in [1.807, 2.05) is 36.4 Å². The Bertz CT molecular complexity index is 973. The number of halogens is 1. The van der Waals surface area contributed by atoms with Gasteiger partial charge in [0.1, 0.15) is 11.9 Å². The van der Waals surface area contributed by atoms with Crippen molar-refractivity contribution in [3.63, 3.8) is 0 Å². The molecule has 2 heterocycles. The highest BCUT2D eigenvalue weighted by molar-refractivity contribution is 5.94. The number of carbonyl (C=O) groups is 1. The fraction of sp³-hybridized carbons (Fsp3) is 0.238. The number of fused-ring (bicyclic) bond motifs is 1. The fourth-order valence-corrected chi connectivity index (χ4v) is 3.20. The van der Waals surface area contributed by atoms with Crippen LogP contribution in [0, 0.1) is 12.7 Å². The summed E-state index contributed by atoms with van der Waals surface area (Å²) < 4.78 is 19.7. The van der Waals surface area contributed by atoms with Gasteiger partial charge in [-0.25, -0.2) is 9.37 Å². The summed E-state index contributed by atoms with van der Waals surface area (Å²) in [5, 5.41) is 1.06. The lowest BCUT2D eigenvalue weighted by atomic mass is 10.1. The molecule has 26 heavy (non-hydrogen) atoms. The first-order chi connectivity index (χ1) is 12.6. The first-order valence-corrected chi connectivity index (χ1v) is 8.68. The monoisotopic (exact) mass is 350 g/mol. The molecule has 0 saturated carbocycles. The first-order valence-electron chi connectivity index (χ1n) is 8.68. The normalized spacial score (nSPS) is 16.8. The van der Waals surface area contributed by atoms with E-state index in [0.29, 0.717) is 30.1 Å². The summed E-state index contributed by atoms with van der Waals surface area (Å²) in [4.78, 5) is 18.8. The Morgan fingerprint density at radius 3 is 2.88 bits per heavy atom. The van der Waals surface area contributed by atoms with E-state index in [1.165, 1.54) is 6.07 Å². The van der Waals surface area contributed by atoms with Gasteiger partial charge in [0, 0.05) is 30.0 Å². The van der Waals surface area contributed by atoms with Crippen LogP contribution in [0.1, 0.15) is 22.3 Å². The summed E-state index contributed by atoms with van der Waals surface area (Å²) >= 11 is 0. The van der Waals surface area contributed by atoms with Gasteiger partial charge < -0.3 is 9.64 Å². The number of hydrogen-bond donors (Lipinski definition) is 0. The number of carbonyl (C=O) groups excluding carboxylic acids is 1. The van der Waals surface area contributed by atoms with Crippen LogP contribution in [-0.4, -0.2) is 35.0 Å². The number of hydrogen-bond acceptors (Lipinski definition) is 3. The van der Waals surface area contributed by atoms with Gasteiger partial charge in [0.25, 0.3) is 5.91 Å². The van der Waals surface area contributed by atoms with Crippen LogP contribution in [0.3, 0.4) is 0 Å². The van der Waals surface area contributed by atoms with Crippen molar-refractivity contribution in [1.29, 1.82) is 0 Å². The summed E-state index contributed by atoms with van der Waals surface area (Å²) in [6.07, 6.45) is 0.622. The van der Waals surface area contributed by atoms with Gasteiger partial charge >= 0.3 is 0 Å². The Morgan fingerprint density at radius 1 is 1.19 bits per heavy atom. The van der Waals surface area contributed by atoms with Gasteiger partial charge in [0.05, 0.1) is 12.1 Å². The van der Waals surface area contributed by atoms with Gasteiger partial charge in [-0.1, -0.05) is 24.3 Å². The fourth-order valence-electron chi connectivity index (χ4n) is 3.20. The molecule has 4 rings (SSSR count). The number of benzene rings is 2.